The van der Waals surface area contributed by atoms with Gasteiger partial charge in [-0.3, -0.25) is 9.59 Å². The Bertz CT molecular complexity index is 406. The Balaban J connectivity index is 2.38. The fourth-order valence-corrected chi connectivity index (χ4v) is 1.66. The summed E-state index contributed by atoms with van der Waals surface area (Å²) in [4.78, 5) is 26.8. The van der Waals surface area contributed by atoms with Gasteiger partial charge in [0.2, 0.25) is 0 Å². The highest BCUT2D eigenvalue weighted by Gasteiger charge is 2.09. The zero-order chi connectivity index (χ0) is 12.7. The van der Waals surface area contributed by atoms with Crippen LogP contribution in [0.5, 0.6) is 0 Å². The molecule has 5 heteroatoms. The van der Waals surface area contributed by atoms with Gasteiger partial charge in [-0.25, -0.2) is 4.98 Å². The fourth-order valence-electron chi connectivity index (χ4n) is 1.32. The summed E-state index contributed by atoms with van der Waals surface area (Å²) in [6.45, 7) is 2.13. The molecular formula is C12H14BrNO3. The Labute approximate surface area is 109 Å². The average molecular weight is 300 g/mol. The van der Waals surface area contributed by atoms with Gasteiger partial charge in [0, 0.05) is 12.8 Å². The molecule has 0 saturated heterocycles. The number of halogens is 1. The first-order valence-electron chi connectivity index (χ1n) is 5.45. The lowest BCUT2D eigenvalue weighted by atomic mass is 10.1. The van der Waals surface area contributed by atoms with Gasteiger partial charge < -0.3 is 4.74 Å². The molecule has 17 heavy (non-hydrogen) atoms. The third-order valence-corrected chi connectivity index (χ3v) is 2.53. The smallest absolute Gasteiger partial charge is 0.305 e. The number of hydrogen-bond acceptors (Lipinski definition) is 4. The van der Waals surface area contributed by atoms with Crippen LogP contribution in [0.3, 0.4) is 0 Å². The zero-order valence-corrected chi connectivity index (χ0v) is 11.2. The largest absolute Gasteiger partial charge is 0.466 e. The number of hydrogen-bond donors (Lipinski definition) is 0. The van der Waals surface area contributed by atoms with Crippen molar-refractivity contribution in [3.63, 3.8) is 0 Å². The summed E-state index contributed by atoms with van der Waals surface area (Å²) in [6, 6.07) is 5.18. The minimum Gasteiger partial charge on any atom is -0.466 e. The molecular weight excluding hydrogens is 286 g/mol. The van der Waals surface area contributed by atoms with Crippen molar-refractivity contribution in [3.8, 4) is 0 Å². The summed E-state index contributed by atoms with van der Waals surface area (Å²) >= 11 is 3.20. The number of pyridine rings is 1. The lowest BCUT2D eigenvalue weighted by Crippen LogP contribution is -2.06. The van der Waals surface area contributed by atoms with E-state index in [1.807, 2.05) is 0 Å². The molecule has 0 N–H and O–H groups in total. The van der Waals surface area contributed by atoms with Gasteiger partial charge in [0.25, 0.3) is 0 Å². The van der Waals surface area contributed by atoms with Crippen LogP contribution in [0.25, 0.3) is 0 Å². The van der Waals surface area contributed by atoms with E-state index < -0.39 is 0 Å². The summed E-state index contributed by atoms with van der Waals surface area (Å²) in [5, 5.41) is 0. The van der Waals surface area contributed by atoms with E-state index in [9.17, 15) is 9.59 Å². The third-order valence-electron chi connectivity index (χ3n) is 2.09. The lowest BCUT2D eigenvalue weighted by Gasteiger charge is -2.02. The van der Waals surface area contributed by atoms with Crippen LogP contribution in [0.1, 0.15) is 36.7 Å². The van der Waals surface area contributed by atoms with Gasteiger partial charge in [-0.05, 0) is 41.4 Å². The summed E-state index contributed by atoms with van der Waals surface area (Å²) in [6.07, 6.45) is 1.07. The maximum Gasteiger partial charge on any atom is 0.305 e. The molecule has 4 nitrogen and oxygen atoms in total. The maximum atomic E-state index is 11.7. The SMILES string of the molecule is CCOC(=O)CCCC(=O)c1cccc(Br)n1. The van der Waals surface area contributed by atoms with Crippen molar-refractivity contribution in [1.29, 1.82) is 0 Å². The number of esters is 1. The van der Waals surface area contributed by atoms with Crippen LogP contribution in [0.2, 0.25) is 0 Å². The van der Waals surface area contributed by atoms with E-state index in [-0.39, 0.29) is 18.2 Å². The van der Waals surface area contributed by atoms with E-state index >= 15 is 0 Å². The van der Waals surface area contributed by atoms with E-state index in [1.54, 1.807) is 25.1 Å². The first kappa shape index (κ1) is 13.8. The van der Waals surface area contributed by atoms with Gasteiger partial charge in [-0.1, -0.05) is 6.07 Å². The molecule has 1 rings (SSSR count). The number of rotatable bonds is 6. The van der Waals surface area contributed by atoms with Crippen LogP contribution in [-0.4, -0.2) is 23.3 Å². The van der Waals surface area contributed by atoms with Crippen molar-refractivity contribution in [3.05, 3.63) is 28.5 Å². The van der Waals surface area contributed by atoms with Crippen LogP contribution in [0, 0.1) is 0 Å². The molecule has 1 heterocycles. The Kier molecular flexibility index (Phi) is 5.83. The second-order valence-corrected chi connectivity index (χ2v) is 4.24. The highest BCUT2D eigenvalue weighted by molar-refractivity contribution is 9.10. The van der Waals surface area contributed by atoms with Crippen molar-refractivity contribution in [2.75, 3.05) is 6.61 Å². The van der Waals surface area contributed by atoms with Crippen molar-refractivity contribution >= 4 is 27.7 Å². The Morgan fingerprint density at radius 3 is 2.76 bits per heavy atom. The predicted molar refractivity (Wildman–Crippen MR) is 66.8 cm³/mol. The molecule has 0 amide bonds. The summed E-state index contributed by atoms with van der Waals surface area (Å²) in [7, 11) is 0. The van der Waals surface area contributed by atoms with Gasteiger partial charge in [0.15, 0.2) is 5.78 Å². The van der Waals surface area contributed by atoms with Crippen LogP contribution >= 0.6 is 15.9 Å². The number of Topliss-reactive ketones (excluding diaryl/α,β-unsaturated/α-hetero) is 1. The molecule has 0 radical (unpaired) electrons. The van der Waals surface area contributed by atoms with Gasteiger partial charge >= 0.3 is 5.97 Å². The van der Waals surface area contributed by atoms with Crippen LogP contribution in [0.4, 0.5) is 0 Å². The summed E-state index contributed by atoms with van der Waals surface area (Å²) < 4.78 is 5.41. The van der Waals surface area contributed by atoms with Crippen LogP contribution in [0.15, 0.2) is 22.8 Å². The topological polar surface area (TPSA) is 56.3 Å². The summed E-state index contributed by atoms with van der Waals surface area (Å²) in [5.74, 6) is -0.321. The highest BCUT2D eigenvalue weighted by atomic mass is 79.9. The molecule has 0 aliphatic heterocycles. The molecule has 0 spiro atoms. The first-order chi connectivity index (χ1) is 8.13. The molecule has 1 aromatic heterocycles. The van der Waals surface area contributed by atoms with Gasteiger partial charge in [0.05, 0.1) is 6.61 Å². The van der Waals surface area contributed by atoms with E-state index in [1.165, 1.54) is 0 Å². The fraction of sp³-hybridized carbons (Fsp3) is 0.417. The Hall–Kier alpha value is -1.23. The van der Waals surface area contributed by atoms with Gasteiger partial charge in [0.1, 0.15) is 10.3 Å². The zero-order valence-electron chi connectivity index (χ0n) is 9.61. The number of nitrogens with zero attached hydrogens (tertiary/aromatic N) is 1. The third kappa shape index (κ3) is 5.08. The number of carbonyl (C=O) groups excluding carboxylic acids is 2. The molecule has 1 aromatic rings. The maximum absolute atomic E-state index is 11.7. The predicted octanol–water partition coefficient (Wildman–Crippen LogP) is 2.76. The molecule has 0 bridgehead atoms. The second kappa shape index (κ2) is 7.17. The van der Waals surface area contributed by atoms with Crippen molar-refractivity contribution in [1.82, 2.24) is 4.98 Å². The molecule has 0 atom stereocenters. The normalized spacial score (nSPS) is 10.0. The van der Waals surface area contributed by atoms with Crippen molar-refractivity contribution < 1.29 is 14.3 Å². The van der Waals surface area contributed by atoms with Crippen molar-refractivity contribution in [2.24, 2.45) is 0 Å². The standard InChI is InChI=1S/C12H14BrNO3/c1-2-17-12(16)8-4-6-10(15)9-5-3-7-11(13)14-9/h3,5,7H,2,4,6,8H2,1H3. The molecule has 0 aromatic carbocycles. The Morgan fingerprint density at radius 2 is 2.12 bits per heavy atom. The van der Waals surface area contributed by atoms with E-state index in [0.29, 0.717) is 29.7 Å². The second-order valence-electron chi connectivity index (χ2n) is 3.43. The quantitative estimate of drug-likeness (QED) is 0.460. The van der Waals surface area contributed by atoms with E-state index in [2.05, 4.69) is 20.9 Å². The Morgan fingerprint density at radius 1 is 1.35 bits per heavy atom. The summed E-state index contributed by atoms with van der Waals surface area (Å²) in [5.41, 5.74) is 0.420. The molecule has 0 unspecified atom stereocenters. The molecule has 0 aliphatic rings. The van der Waals surface area contributed by atoms with E-state index in [0.717, 1.165) is 0 Å². The number of aromatic nitrogens is 1. The van der Waals surface area contributed by atoms with Crippen LogP contribution < -0.4 is 0 Å². The average Bonchev–Trinajstić information content (AvgIpc) is 2.29. The number of ketones is 1. The van der Waals surface area contributed by atoms with E-state index in [4.69, 9.17) is 4.74 Å². The molecule has 0 saturated carbocycles. The molecule has 0 fully saturated rings. The monoisotopic (exact) mass is 299 g/mol. The van der Waals surface area contributed by atoms with Crippen LogP contribution in [-0.2, 0) is 9.53 Å². The molecule has 92 valence electrons. The minimum atomic E-state index is -0.262. The number of ether oxygens (including phenoxy) is 1. The van der Waals surface area contributed by atoms with Gasteiger partial charge in [-0.15, -0.1) is 0 Å². The minimum absolute atomic E-state index is 0.0596. The van der Waals surface area contributed by atoms with Crippen molar-refractivity contribution in [2.45, 2.75) is 26.2 Å². The highest BCUT2D eigenvalue weighted by Crippen LogP contribution is 2.10. The first-order valence-corrected chi connectivity index (χ1v) is 6.24. The lowest BCUT2D eigenvalue weighted by molar-refractivity contribution is -0.143. The van der Waals surface area contributed by atoms with Gasteiger partial charge in [-0.2, -0.15) is 0 Å². The molecule has 0 aliphatic carbocycles. The number of carbonyl (C=O) groups is 2.